The Hall–Kier alpha value is -1.06. The summed E-state index contributed by atoms with van der Waals surface area (Å²) in [5.41, 5.74) is 0. The van der Waals surface area contributed by atoms with E-state index >= 15 is 0 Å². The van der Waals surface area contributed by atoms with Gasteiger partial charge in [0.15, 0.2) is 0 Å². The predicted octanol–water partition coefficient (Wildman–Crippen LogP) is 1.75. The number of carbonyl (C=O) groups excluding carboxylic acids is 1. The van der Waals surface area contributed by atoms with Crippen molar-refractivity contribution in [1.82, 2.24) is 4.90 Å². The topological polar surface area (TPSA) is 57.6 Å². The molecular formula is C12H21NO3. The van der Waals surface area contributed by atoms with Gasteiger partial charge in [-0.1, -0.05) is 13.8 Å². The zero-order valence-electron chi connectivity index (χ0n) is 10.1. The van der Waals surface area contributed by atoms with Crippen molar-refractivity contribution >= 4 is 11.9 Å². The fourth-order valence-electron chi connectivity index (χ4n) is 2.02. The van der Waals surface area contributed by atoms with Crippen LogP contribution < -0.4 is 0 Å². The number of rotatable bonds is 5. The lowest BCUT2D eigenvalue weighted by Crippen LogP contribution is -2.43. The first-order chi connectivity index (χ1) is 7.50. The molecule has 16 heavy (non-hydrogen) atoms. The van der Waals surface area contributed by atoms with Gasteiger partial charge in [-0.15, -0.1) is 0 Å². The van der Waals surface area contributed by atoms with E-state index in [1.807, 2.05) is 0 Å². The Bertz CT molecular complexity index is 263. The lowest BCUT2D eigenvalue weighted by Gasteiger charge is -2.30. The molecule has 0 aromatic rings. The molecular weight excluding hydrogens is 206 g/mol. The van der Waals surface area contributed by atoms with E-state index in [0.29, 0.717) is 31.8 Å². The highest BCUT2D eigenvalue weighted by Crippen LogP contribution is 2.18. The molecule has 1 aliphatic heterocycles. The van der Waals surface area contributed by atoms with Crippen LogP contribution in [0.4, 0.5) is 0 Å². The Morgan fingerprint density at radius 3 is 2.81 bits per heavy atom. The number of hydrogen-bond donors (Lipinski definition) is 1. The standard InChI is InChI=1S/C12H21NO3/c1-9(2)4-3-7-13-8-10(12(15)16)5-6-11(13)14/h9-10H,3-8H2,1-2H3,(H,15,16). The summed E-state index contributed by atoms with van der Waals surface area (Å²) < 4.78 is 0. The third kappa shape index (κ3) is 3.83. The molecule has 0 aliphatic carbocycles. The summed E-state index contributed by atoms with van der Waals surface area (Å²) in [4.78, 5) is 24.1. The van der Waals surface area contributed by atoms with Crippen LogP contribution in [-0.4, -0.2) is 35.0 Å². The van der Waals surface area contributed by atoms with Crippen molar-refractivity contribution in [3.05, 3.63) is 0 Å². The maximum atomic E-state index is 11.6. The molecule has 1 fully saturated rings. The van der Waals surface area contributed by atoms with E-state index in [9.17, 15) is 9.59 Å². The average molecular weight is 227 g/mol. The molecule has 1 heterocycles. The van der Waals surface area contributed by atoms with Gasteiger partial charge in [0.05, 0.1) is 5.92 Å². The van der Waals surface area contributed by atoms with Crippen molar-refractivity contribution in [2.75, 3.05) is 13.1 Å². The minimum atomic E-state index is -0.777. The lowest BCUT2D eigenvalue weighted by molar-refractivity contribution is -0.147. The van der Waals surface area contributed by atoms with Crippen molar-refractivity contribution in [1.29, 1.82) is 0 Å². The van der Waals surface area contributed by atoms with Gasteiger partial charge in [0, 0.05) is 19.5 Å². The molecule has 1 aliphatic rings. The van der Waals surface area contributed by atoms with Crippen LogP contribution in [0.1, 0.15) is 39.5 Å². The summed E-state index contributed by atoms with van der Waals surface area (Å²) in [6.07, 6.45) is 2.94. The first-order valence-electron chi connectivity index (χ1n) is 6.01. The van der Waals surface area contributed by atoms with Crippen LogP contribution in [0.3, 0.4) is 0 Å². The smallest absolute Gasteiger partial charge is 0.308 e. The van der Waals surface area contributed by atoms with Crippen molar-refractivity contribution in [2.45, 2.75) is 39.5 Å². The van der Waals surface area contributed by atoms with E-state index < -0.39 is 5.97 Å². The summed E-state index contributed by atoms with van der Waals surface area (Å²) in [7, 11) is 0. The number of likely N-dealkylation sites (tertiary alicyclic amines) is 1. The third-order valence-corrected chi connectivity index (χ3v) is 3.06. The Balaban J connectivity index is 2.38. The molecule has 4 nitrogen and oxygen atoms in total. The van der Waals surface area contributed by atoms with Gasteiger partial charge in [0.1, 0.15) is 0 Å². The predicted molar refractivity (Wildman–Crippen MR) is 61.0 cm³/mol. The largest absolute Gasteiger partial charge is 0.481 e. The molecule has 0 saturated carbocycles. The summed E-state index contributed by atoms with van der Waals surface area (Å²) in [6.45, 7) is 5.41. The second kappa shape index (κ2) is 5.87. The van der Waals surface area contributed by atoms with Crippen LogP contribution in [0.25, 0.3) is 0 Å². The minimum absolute atomic E-state index is 0.112. The third-order valence-electron chi connectivity index (χ3n) is 3.06. The second-order valence-corrected chi connectivity index (χ2v) is 4.95. The van der Waals surface area contributed by atoms with Gasteiger partial charge in [-0.25, -0.2) is 0 Å². The number of nitrogens with zero attached hydrogens (tertiary/aromatic N) is 1. The van der Waals surface area contributed by atoms with E-state index in [1.165, 1.54) is 0 Å². The van der Waals surface area contributed by atoms with E-state index in [4.69, 9.17) is 5.11 Å². The molecule has 0 aromatic carbocycles. The number of carboxylic acids is 1. The summed E-state index contributed by atoms with van der Waals surface area (Å²) >= 11 is 0. The van der Waals surface area contributed by atoms with E-state index in [0.717, 1.165) is 12.8 Å². The van der Waals surface area contributed by atoms with Crippen molar-refractivity contribution in [3.8, 4) is 0 Å². The number of carboxylic acid groups (broad SMARTS) is 1. The Morgan fingerprint density at radius 1 is 1.56 bits per heavy atom. The highest BCUT2D eigenvalue weighted by atomic mass is 16.4. The van der Waals surface area contributed by atoms with Crippen molar-refractivity contribution < 1.29 is 14.7 Å². The van der Waals surface area contributed by atoms with Crippen LogP contribution in [-0.2, 0) is 9.59 Å². The molecule has 1 atom stereocenters. The van der Waals surface area contributed by atoms with E-state index in [1.54, 1.807) is 4.90 Å². The first kappa shape index (κ1) is 13.0. The lowest BCUT2D eigenvalue weighted by atomic mass is 9.97. The van der Waals surface area contributed by atoms with Gasteiger partial charge in [-0.2, -0.15) is 0 Å². The van der Waals surface area contributed by atoms with Gasteiger partial charge in [0.25, 0.3) is 0 Å². The molecule has 4 heteroatoms. The Kier molecular flexibility index (Phi) is 4.77. The number of carbonyl (C=O) groups is 2. The molecule has 1 N–H and O–H groups in total. The number of aliphatic carboxylic acids is 1. The fraction of sp³-hybridized carbons (Fsp3) is 0.833. The van der Waals surface area contributed by atoms with E-state index in [-0.39, 0.29) is 11.8 Å². The van der Waals surface area contributed by atoms with E-state index in [2.05, 4.69) is 13.8 Å². The quantitative estimate of drug-likeness (QED) is 0.778. The van der Waals surface area contributed by atoms with Crippen LogP contribution in [0.5, 0.6) is 0 Å². The maximum absolute atomic E-state index is 11.6. The summed E-state index contributed by atoms with van der Waals surface area (Å²) in [5.74, 6) is -0.394. The van der Waals surface area contributed by atoms with Gasteiger partial charge >= 0.3 is 5.97 Å². The highest BCUT2D eigenvalue weighted by Gasteiger charge is 2.29. The molecule has 0 radical (unpaired) electrons. The average Bonchev–Trinajstić information content (AvgIpc) is 2.20. The van der Waals surface area contributed by atoms with Crippen LogP contribution >= 0.6 is 0 Å². The highest BCUT2D eigenvalue weighted by molar-refractivity contribution is 5.80. The van der Waals surface area contributed by atoms with Gasteiger partial charge in [0.2, 0.25) is 5.91 Å². The zero-order valence-corrected chi connectivity index (χ0v) is 10.1. The fourth-order valence-corrected chi connectivity index (χ4v) is 2.02. The maximum Gasteiger partial charge on any atom is 0.308 e. The zero-order chi connectivity index (χ0) is 12.1. The number of hydrogen-bond acceptors (Lipinski definition) is 2. The molecule has 92 valence electrons. The molecule has 0 aromatic heterocycles. The molecule has 1 rings (SSSR count). The van der Waals surface area contributed by atoms with Gasteiger partial charge < -0.3 is 10.0 Å². The molecule has 1 unspecified atom stereocenters. The molecule has 0 spiro atoms. The second-order valence-electron chi connectivity index (χ2n) is 4.95. The first-order valence-corrected chi connectivity index (χ1v) is 6.01. The van der Waals surface area contributed by atoms with Crippen molar-refractivity contribution in [2.24, 2.45) is 11.8 Å². The molecule has 1 saturated heterocycles. The van der Waals surface area contributed by atoms with Crippen LogP contribution in [0.2, 0.25) is 0 Å². The van der Waals surface area contributed by atoms with Crippen LogP contribution in [0.15, 0.2) is 0 Å². The monoisotopic (exact) mass is 227 g/mol. The normalized spacial score (nSPS) is 21.6. The Morgan fingerprint density at radius 2 is 2.25 bits per heavy atom. The summed E-state index contributed by atoms with van der Waals surface area (Å²) in [6, 6.07) is 0. The molecule has 0 bridgehead atoms. The summed E-state index contributed by atoms with van der Waals surface area (Å²) in [5, 5.41) is 8.92. The number of amides is 1. The SMILES string of the molecule is CC(C)CCCN1CC(C(=O)O)CCC1=O. The van der Waals surface area contributed by atoms with Gasteiger partial charge in [-0.05, 0) is 25.2 Å². The Labute approximate surface area is 96.6 Å². The van der Waals surface area contributed by atoms with Crippen LogP contribution in [0, 0.1) is 11.8 Å². The van der Waals surface area contributed by atoms with Crippen molar-refractivity contribution in [3.63, 3.8) is 0 Å². The van der Waals surface area contributed by atoms with Gasteiger partial charge in [-0.3, -0.25) is 9.59 Å². The number of piperidine rings is 1. The molecule has 1 amide bonds. The minimum Gasteiger partial charge on any atom is -0.481 e.